The lowest BCUT2D eigenvalue weighted by molar-refractivity contribution is -0.142. The Bertz CT molecular complexity index is 1280. The molecule has 2 heterocycles. The Labute approximate surface area is 195 Å². The number of benzene rings is 1. The number of carbonyl (C=O) groups is 1. The van der Waals surface area contributed by atoms with Gasteiger partial charge in [-0.1, -0.05) is 24.1 Å². The molecule has 1 aliphatic rings. The molecule has 180 valence electrons. The van der Waals surface area contributed by atoms with E-state index >= 15 is 0 Å². The van der Waals surface area contributed by atoms with Gasteiger partial charge in [0.05, 0.1) is 7.11 Å². The monoisotopic (exact) mass is 489 g/mol. The van der Waals surface area contributed by atoms with Crippen LogP contribution in [0.3, 0.4) is 0 Å². The fraction of sp³-hybridized carbons (Fsp3) is 0.318. The normalized spacial score (nSPS) is 21.9. The summed E-state index contributed by atoms with van der Waals surface area (Å²) in [6.45, 7) is 2.52. The number of esters is 1. The SMILES string of the molecule is C#C[C@@]1(CO[P@](=O)(N[C@@H](C)C(=O)OC)Oc2ccccc2)C=C[C@H](n2cc(C)c(=O)[nH]c2=O)O1. The molecule has 1 aromatic heterocycles. The largest absolute Gasteiger partial charge is 0.468 e. The Kier molecular flexibility index (Phi) is 7.59. The Morgan fingerprint density at radius 1 is 1.38 bits per heavy atom. The summed E-state index contributed by atoms with van der Waals surface area (Å²) in [5.41, 5.74) is -2.42. The van der Waals surface area contributed by atoms with Gasteiger partial charge in [0.1, 0.15) is 18.4 Å². The van der Waals surface area contributed by atoms with E-state index < -0.39 is 49.4 Å². The highest BCUT2D eigenvalue weighted by Crippen LogP contribution is 2.46. The molecule has 0 unspecified atom stereocenters. The number of aromatic nitrogens is 2. The molecule has 0 aliphatic carbocycles. The van der Waals surface area contributed by atoms with Gasteiger partial charge >= 0.3 is 19.4 Å². The average Bonchev–Trinajstić information content (AvgIpc) is 3.25. The Hall–Kier alpha value is -3.42. The van der Waals surface area contributed by atoms with E-state index in [9.17, 15) is 18.9 Å². The van der Waals surface area contributed by atoms with E-state index in [4.69, 9.17) is 20.2 Å². The van der Waals surface area contributed by atoms with Crippen molar-refractivity contribution in [3.05, 3.63) is 75.1 Å². The third kappa shape index (κ3) is 5.73. The number of aryl methyl sites for hydroxylation is 1. The Morgan fingerprint density at radius 2 is 2.09 bits per heavy atom. The summed E-state index contributed by atoms with van der Waals surface area (Å²) in [5, 5.41) is 2.52. The van der Waals surface area contributed by atoms with Crippen molar-refractivity contribution in [2.45, 2.75) is 31.7 Å². The molecule has 0 amide bonds. The number of nitrogens with one attached hydrogen (secondary N) is 2. The number of ether oxygens (including phenoxy) is 2. The van der Waals surface area contributed by atoms with Crippen LogP contribution in [0.4, 0.5) is 0 Å². The Morgan fingerprint density at radius 3 is 2.74 bits per heavy atom. The number of hydrogen-bond acceptors (Lipinski definition) is 8. The lowest BCUT2D eigenvalue weighted by atomic mass is 10.1. The van der Waals surface area contributed by atoms with Crippen LogP contribution in [0, 0.1) is 19.3 Å². The van der Waals surface area contributed by atoms with Crippen molar-refractivity contribution >= 4 is 13.7 Å². The second-order valence-electron chi connectivity index (χ2n) is 7.43. The second kappa shape index (κ2) is 10.2. The van der Waals surface area contributed by atoms with E-state index in [2.05, 4.69) is 20.7 Å². The fourth-order valence-electron chi connectivity index (χ4n) is 3.02. The summed E-state index contributed by atoms with van der Waals surface area (Å²) in [4.78, 5) is 37.9. The molecule has 0 bridgehead atoms. The summed E-state index contributed by atoms with van der Waals surface area (Å²) in [7, 11) is -2.97. The third-order valence-corrected chi connectivity index (χ3v) is 6.47. The maximum Gasteiger partial charge on any atom is 0.459 e. The molecule has 34 heavy (non-hydrogen) atoms. The number of terminal acetylenes is 1. The highest BCUT2D eigenvalue weighted by Gasteiger charge is 2.40. The zero-order valence-corrected chi connectivity index (χ0v) is 19.6. The lowest BCUT2D eigenvalue weighted by Gasteiger charge is -2.28. The molecule has 11 nitrogen and oxygen atoms in total. The van der Waals surface area contributed by atoms with E-state index in [1.807, 2.05) is 0 Å². The van der Waals surface area contributed by atoms with Crippen molar-refractivity contribution in [3.63, 3.8) is 0 Å². The molecule has 1 aromatic carbocycles. The molecule has 0 fully saturated rings. The molecule has 0 saturated carbocycles. The van der Waals surface area contributed by atoms with Crippen LogP contribution < -0.4 is 20.9 Å². The molecule has 0 saturated heterocycles. The van der Waals surface area contributed by atoms with Crippen LogP contribution in [-0.2, 0) is 23.4 Å². The molecule has 2 N–H and O–H groups in total. The number of H-pyrrole nitrogens is 1. The van der Waals surface area contributed by atoms with Crippen molar-refractivity contribution in [1.82, 2.24) is 14.6 Å². The predicted octanol–water partition coefficient (Wildman–Crippen LogP) is 1.66. The van der Waals surface area contributed by atoms with Crippen LogP contribution in [0.15, 0.2) is 58.3 Å². The van der Waals surface area contributed by atoms with Crippen LogP contribution >= 0.6 is 7.75 Å². The number of para-hydroxylation sites is 1. The summed E-state index contributed by atoms with van der Waals surface area (Å²) in [5.74, 6) is 1.97. The third-order valence-electron chi connectivity index (χ3n) is 4.85. The van der Waals surface area contributed by atoms with Gasteiger partial charge in [-0.3, -0.25) is 23.7 Å². The van der Waals surface area contributed by atoms with Gasteiger partial charge < -0.3 is 14.0 Å². The van der Waals surface area contributed by atoms with E-state index in [1.54, 1.807) is 30.3 Å². The number of aromatic amines is 1. The first-order valence-electron chi connectivity index (χ1n) is 10.1. The van der Waals surface area contributed by atoms with Crippen LogP contribution in [0.5, 0.6) is 5.75 Å². The number of methoxy groups -OCH3 is 1. The van der Waals surface area contributed by atoms with Crippen molar-refractivity contribution in [2.24, 2.45) is 0 Å². The average molecular weight is 489 g/mol. The van der Waals surface area contributed by atoms with E-state index in [0.29, 0.717) is 5.56 Å². The van der Waals surface area contributed by atoms with Gasteiger partial charge in [0.15, 0.2) is 11.8 Å². The van der Waals surface area contributed by atoms with Crippen LogP contribution in [0.1, 0.15) is 18.7 Å². The standard InChI is InChI=1S/C22H24N3O8P/c1-5-22(12-11-18(32-22)25-13-15(2)19(26)23-21(25)28)14-31-34(29,24-16(3)20(27)30-4)33-17-9-7-6-8-10-17/h1,6-13,16,18H,14H2,2-4H3,(H,24,29)(H,23,26,28)/t16-,18+,22-,34+/m0/s1. The van der Waals surface area contributed by atoms with Gasteiger partial charge in [-0.2, -0.15) is 5.09 Å². The van der Waals surface area contributed by atoms with Crippen LogP contribution in [0.2, 0.25) is 0 Å². The van der Waals surface area contributed by atoms with Crippen LogP contribution in [-0.4, -0.2) is 40.9 Å². The number of hydrogen-bond donors (Lipinski definition) is 2. The molecule has 2 aromatic rings. The molecule has 1 aliphatic heterocycles. The zero-order chi connectivity index (χ0) is 24.9. The van der Waals surface area contributed by atoms with Gasteiger partial charge in [-0.15, -0.1) is 6.42 Å². The van der Waals surface area contributed by atoms with Crippen molar-refractivity contribution in [3.8, 4) is 18.1 Å². The minimum absolute atomic E-state index is 0.223. The molecular formula is C22H24N3O8P. The molecular weight excluding hydrogens is 465 g/mol. The first kappa shape index (κ1) is 25.2. The molecule has 0 radical (unpaired) electrons. The summed E-state index contributed by atoms with van der Waals surface area (Å²) in [6.07, 6.45) is 9.06. The van der Waals surface area contributed by atoms with Gasteiger partial charge in [0.2, 0.25) is 0 Å². The Balaban J connectivity index is 1.81. The highest BCUT2D eigenvalue weighted by molar-refractivity contribution is 7.52. The fourth-order valence-corrected chi connectivity index (χ4v) is 4.54. The van der Waals surface area contributed by atoms with Crippen molar-refractivity contribution in [2.75, 3.05) is 13.7 Å². The summed E-state index contributed by atoms with van der Waals surface area (Å²) in [6, 6.07) is 7.17. The van der Waals surface area contributed by atoms with Gasteiger partial charge in [-0.25, -0.2) is 9.36 Å². The maximum atomic E-state index is 13.5. The smallest absolute Gasteiger partial charge is 0.459 e. The summed E-state index contributed by atoms with van der Waals surface area (Å²) >= 11 is 0. The quantitative estimate of drug-likeness (QED) is 0.233. The molecule has 4 atom stereocenters. The molecule has 0 spiro atoms. The minimum Gasteiger partial charge on any atom is -0.468 e. The number of nitrogens with zero attached hydrogens (tertiary/aromatic N) is 1. The lowest BCUT2D eigenvalue weighted by Crippen LogP contribution is -2.39. The minimum atomic E-state index is -4.16. The first-order chi connectivity index (χ1) is 16.1. The van der Waals surface area contributed by atoms with Crippen molar-refractivity contribution in [1.29, 1.82) is 0 Å². The highest BCUT2D eigenvalue weighted by atomic mass is 31.2. The predicted molar refractivity (Wildman–Crippen MR) is 122 cm³/mol. The maximum absolute atomic E-state index is 13.5. The first-order valence-corrected chi connectivity index (χ1v) is 11.7. The van der Waals surface area contributed by atoms with Gasteiger partial charge in [0.25, 0.3) is 5.56 Å². The number of rotatable bonds is 9. The van der Waals surface area contributed by atoms with Crippen molar-refractivity contribution < 1.29 is 27.9 Å². The van der Waals surface area contributed by atoms with Gasteiger partial charge in [0, 0.05) is 11.8 Å². The van der Waals surface area contributed by atoms with Crippen LogP contribution in [0.25, 0.3) is 0 Å². The molecule has 12 heteroatoms. The zero-order valence-electron chi connectivity index (χ0n) is 18.7. The topological polar surface area (TPSA) is 138 Å². The second-order valence-corrected chi connectivity index (χ2v) is 9.12. The number of carbonyl (C=O) groups excluding carboxylic acids is 1. The van der Waals surface area contributed by atoms with E-state index in [1.165, 1.54) is 39.3 Å². The summed E-state index contributed by atoms with van der Waals surface area (Å²) < 4.78 is 36.3. The van der Waals surface area contributed by atoms with E-state index in [0.717, 1.165) is 4.57 Å². The van der Waals surface area contributed by atoms with Gasteiger partial charge in [-0.05, 0) is 38.1 Å². The molecule has 3 rings (SSSR count). The van der Waals surface area contributed by atoms with E-state index in [-0.39, 0.29) is 5.75 Å².